The molecule has 1 spiro atoms. The molecule has 0 aromatic rings. The number of aliphatic hydroxyl groups excluding tert-OH is 1. The first-order valence-electron chi connectivity index (χ1n) is 12.7. The van der Waals surface area contributed by atoms with E-state index < -0.39 is 40.1 Å². The third-order valence-corrected chi connectivity index (χ3v) is 10.2. The highest BCUT2D eigenvalue weighted by Gasteiger charge is 2.78. The summed E-state index contributed by atoms with van der Waals surface area (Å²) < 4.78 is 35.5. The lowest BCUT2D eigenvalue weighted by atomic mass is 9.44. The molecule has 4 aliphatic carbocycles. The van der Waals surface area contributed by atoms with E-state index in [0.717, 1.165) is 12.0 Å². The van der Waals surface area contributed by atoms with Crippen LogP contribution in [0.25, 0.3) is 0 Å². The predicted octanol–water partition coefficient (Wildman–Crippen LogP) is 4.06. The van der Waals surface area contributed by atoms with Crippen LogP contribution in [0, 0.1) is 28.6 Å². The van der Waals surface area contributed by atoms with Gasteiger partial charge in [0, 0.05) is 30.3 Å². The number of ether oxygens (including phenoxy) is 3. The zero-order valence-corrected chi connectivity index (χ0v) is 20.9. The van der Waals surface area contributed by atoms with Crippen LogP contribution in [-0.4, -0.2) is 53.7 Å². The summed E-state index contributed by atoms with van der Waals surface area (Å²) in [5.41, 5.74) is -4.24. The maximum absolute atomic E-state index is 17.4. The Labute approximate surface area is 200 Å². The number of hydrogen-bond donors (Lipinski definition) is 1. The number of carbonyl (C=O) groups excluding carboxylic acids is 2. The number of allylic oxidation sites excluding steroid dienone is 4. The van der Waals surface area contributed by atoms with E-state index in [2.05, 4.69) is 0 Å². The van der Waals surface area contributed by atoms with Crippen LogP contribution in [0.1, 0.15) is 66.2 Å². The van der Waals surface area contributed by atoms with Gasteiger partial charge in [0.1, 0.15) is 12.2 Å². The van der Waals surface area contributed by atoms with Gasteiger partial charge < -0.3 is 19.3 Å². The Balaban J connectivity index is 1.61. The Morgan fingerprint density at radius 3 is 2.68 bits per heavy atom. The van der Waals surface area contributed by atoms with E-state index in [9.17, 15) is 14.7 Å². The number of alkyl halides is 1. The second-order valence-electron chi connectivity index (χ2n) is 11.6. The van der Waals surface area contributed by atoms with Crippen molar-refractivity contribution in [1.82, 2.24) is 0 Å². The molecular formula is C27H37FO6. The third-order valence-electron chi connectivity index (χ3n) is 10.2. The highest BCUT2D eigenvalue weighted by atomic mass is 19.1. The summed E-state index contributed by atoms with van der Waals surface area (Å²) in [6, 6.07) is 0. The fourth-order valence-electron chi connectivity index (χ4n) is 8.59. The lowest BCUT2D eigenvalue weighted by molar-refractivity contribution is -0.431. The molecule has 0 aromatic carbocycles. The molecule has 1 N–H and O–H groups in total. The van der Waals surface area contributed by atoms with Crippen LogP contribution in [0.5, 0.6) is 0 Å². The molecule has 4 fully saturated rings. The van der Waals surface area contributed by atoms with Crippen molar-refractivity contribution in [3.05, 3.63) is 23.8 Å². The fourth-order valence-corrected chi connectivity index (χ4v) is 8.59. The Morgan fingerprint density at radius 2 is 2.00 bits per heavy atom. The molecule has 0 aromatic heterocycles. The fraction of sp³-hybridized carbons (Fsp3) is 0.778. The minimum atomic E-state index is -1.93. The third kappa shape index (κ3) is 2.70. The van der Waals surface area contributed by atoms with Crippen molar-refractivity contribution in [2.75, 3.05) is 13.7 Å². The quantitative estimate of drug-likeness (QED) is 0.662. The molecule has 34 heavy (non-hydrogen) atoms. The van der Waals surface area contributed by atoms with Gasteiger partial charge in [-0.3, -0.25) is 9.59 Å². The van der Waals surface area contributed by atoms with Crippen molar-refractivity contribution in [3.63, 3.8) is 0 Å². The number of ketones is 2. The van der Waals surface area contributed by atoms with E-state index in [1.165, 1.54) is 13.2 Å². The van der Waals surface area contributed by atoms with Gasteiger partial charge in [-0.2, -0.15) is 0 Å². The van der Waals surface area contributed by atoms with Crippen LogP contribution >= 0.6 is 0 Å². The summed E-state index contributed by atoms with van der Waals surface area (Å²) in [7, 11) is 1.52. The van der Waals surface area contributed by atoms with E-state index in [1.54, 1.807) is 19.1 Å². The van der Waals surface area contributed by atoms with Gasteiger partial charge >= 0.3 is 0 Å². The highest BCUT2D eigenvalue weighted by Crippen LogP contribution is 2.72. The van der Waals surface area contributed by atoms with Crippen molar-refractivity contribution in [2.24, 2.45) is 28.6 Å². The van der Waals surface area contributed by atoms with Gasteiger partial charge in [-0.25, -0.2) is 4.39 Å². The second kappa shape index (κ2) is 7.55. The molecule has 5 aliphatic rings. The normalized spacial score (nSPS) is 52.3. The summed E-state index contributed by atoms with van der Waals surface area (Å²) in [6.45, 7) is 7.67. The van der Waals surface area contributed by atoms with E-state index in [1.807, 2.05) is 20.8 Å². The van der Waals surface area contributed by atoms with E-state index in [4.69, 9.17) is 14.2 Å². The van der Waals surface area contributed by atoms with Crippen LogP contribution in [0.2, 0.25) is 0 Å². The first kappa shape index (κ1) is 24.3. The molecular weight excluding hydrogens is 439 g/mol. The maximum Gasteiger partial charge on any atom is 0.284 e. The molecule has 188 valence electrons. The Bertz CT molecular complexity index is 976. The summed E-state index contributed by atoms with van der Waals surface area (Å²) in [4.78, 5) is 25.7. The Hall–Kier alpha value is -1.41. The summed E-state index contributed by atoms with van der Waals surface area (Å²) >= 11 is 0. The maximum atomic E-state index is 17.4. The SMILES string of the molecule is CCCC1(OC)OCC(=O)[C@@]2(O1)[C@@H](C)C[C@H]1[C@@H]3CCC4=CC(=O)C=C[C@]4(C)[C@@]3(F)[C@@H](O)C[C@@]12C. The molecule has 3 saturated carbocycles. The molecule has 9 atom stereocenters. The standard InChI is InChI=1S/C27H37FO6/c1-6-10-25(32-5)33-15-22(31)27(34-25)16(2)12-20-19-8-7-17-13-18(29)9-11-23(17,3)26(19,28)21(30)14-24(20,27)4/h9,11,13,16,19-21,30H,6-8,10,12,14-15H2,1-5H3/t16-,19-,20-,21-,23-,24-,25?,26-,27-/m0/s1. The summed E-state index contributed by atoms with van der Waals surface area (Å²) in [6.07, 6.45) is 6.36. The topological polar surface area (TPSA) is 82.1 Å². The average Bonchev–Trinajstić information content (AvgIpc) is 3.00. The number of halogens is 1. The predicted molar refractivity (Wildman–Crippen MR) is 122 cm³/mol. The van der Waals surface area contributed by atoms with E-state index in [0.29, 0.717) is 25.7 Å². The van der Waals surface area contributed by atoms with Gasteiger partial charge in [0.2, 0.25) is 0 Å². The summed E-state index contributed by atoms with van der Waals surface area (Å²) in [5, 5.41) is 11.6. The van der Waals surface area contributed by atoms with Crippen molar-refractivity contribution in [2.45, 2.75) is 89.6 Å². The number of carbonyl (C=O) groups is 2. The molecule has 1 heterocycles. The minimum absolute atomic E-state index is 0.0946. The summed E-state index contributed by atoms with van der Waals surface area (Å²) in [5.74, 6) is -2.44. The number of Topliss-reactive ketones (excluding diaryl/α,β-unsaturated/α-hetero) is 1. The van der Waals surface area contributed by atoms with Crippen LogP contribution in [-0.2, 0) is 23.8 Å². The molecule has 6 nitrogen and oxygen atoms in total. The van der Waals surface area contributed by atoms with Gasteiger partial charge in [-0.1, -0.05) is 32.4 Å². The molecule has 1 saturated heterocycles. The van der Waals surface area contributed by atoms with Crippen molar-refractivity contribution in [3.8, 4) is 0 Å². The second-order valence-corrected chi connectivity index (χ2v) is 11.6. The number of methoxy groups -OCH3 is 1. The first-order chi connectivity index (χ1) is 15.9. The largest absolute Gasteiger partial charge is 0.390 e. The van der Waals surface area contributed by atoms with Crippen LogP contribution < -0.4 is 0 Å². The van der Waals surface area contributed by atoms with Crippen LogP contribution in [0.15, 0.2) is 23.8 Å². The van der Waals surface area contributed by atoms with Gasteiger partial charge in [-0.15, -0.1) is 0 Å². The minimum Gasteiger partial charge on any atom is -0.390 e. The number of hydrogen-bond acceptors (Lipinski definition) is 6. The Kier molecular flexibility index (Phi) is 5.39. The van der Waals surface area contributed by atoms with Gasteiger partial charge in [-0.05, 0) is 63.0 Å². The molecule has 7 heteroatoms. The zero-order valence-electron chi connectivity index (χ0n) is 20.9. The molecule has 1 unspecified atom stereocenters. The van der Waals surface area contributed by atoms with Crippen molar-refractivity contribution < 1.29 is 33.3 Å². The highest BCUT2D eigenvalue weighted by molar-refractivity contribution is 6.01. The Morgan fingerprint density at radius 1 is 1.26 bits per heavy atom. The lowest BCUT2D eigenvalue weighted by Gasteiger charge is -2.63. The van der Waals surface area contributed by atoms with Crippen molar-refractivity contribution >= 4 is 11.6 Å². The lowest BCUT2D eigenvalue weighted by Crippen LogP contribution is -2.72. The molecule has 0 amide bonds. The van der Waals surface area contributed by atoms with Crippen molar-refractivity contribution in [1.29, 1.82) is 0 Å². The first-order valence-corrected chi connectivity index (χ1v) is 12.7. The van der Waals surface area contributed by atoms with Crippen LogP contribution in [0.3, 0.4) is 0 Å². The van der Waals surface area contributed by atoms with Crippen LogP contribution in [0.4, 0.5) is 4.39 Å². The monoisotopic (exact) mass is 476 g/mol. The molecule has 1 aliphatic heterocycles. The number of fused-ring (bicyclic) bond motifs is 6. The van der Waals surface area contributed by atoms with Gasteiger partial charge in [0.15, 0.2) is 17.2 Å². The van der Waals surface area contributed by atoms with Gasteiger partial charge in [0.25, 0.3) is 5.97 Å². The average molecular weight is 477 g/mol. The number of aliphatic hydroxyl groups is 1. The smallest absolute Gasteiger partial charge is 0.284 e. The van der Waals surface area contributed by atoms with E-state index in [-0.39, 0.29) is 36.4 Å². The molecule has 0 bridgehead atoms. The van der Waals surface area contributed by atoms with E-state index >= 15 is 4.39 Å². The van der Waals surface area contributed by atoms with Gasteiger partial charge in [0.05, 0.1) is 6.10 Å². The number of rotatable bonds is 3. The molecule has 0 radical (unpaired) electrons. The zero-order chi connectivity index (χ0) is 24.7. The molecule has 5 rings (SSSR count).